The molecule has 24 heavy (non-hydrogen) atoms. The second-order valence-corrected chi connectivity index (χ2v) is 6.46. The molecule has 4 rings (SSSR count). The normalized spacial score (nSPS) is 23.0. The highest BCUT2D eigenvalue weighted by Gasteiger charge is 2.34. The van der Waals surface area contributed by atoms with Crippen molar-refractivity contribution >= 4 is 17.5 Å². The van der Waals surface area contributed by atoms with Crippen LogP contribution in [0.2, 0.25) is 0 Å². The lowest BCUT2D eigenvalue weighted by Crippen LogP contribution is -2.41. The zero-order chi connectivity index (χ0) is 16.5. The smallest absolute Gasteiger partial charge is 0.232 e. The van der Waals surface area contributed by atoms with E-state index in [1.54, 1.807) is 6.20 Å². The lowest BCUT2D eigenvalue weighted by Gasteiger charge is -2.33. The Bertz CT molecular complexity index is 756. The highest BCUT2D eigenvalue weighted by Crippen LogP contribution is 2.35. The van der Waals surface area contributed by atoms with E-state index < -0.39 is 0 Å². The van der Waals surface area contributed by atoms with Crippen LogP contribution in [-0.2, 0) is 9.59 Å². The average Bonchev–Trinajstić information content (AvgIpc) is 3.24. The summed E-state index contributed by atoms with van der Waals surface area (Å²) in [5.74, 6) is -0.410. The fourth-order valence-corrected chi connectivity index (χ4v) is 3.68. The molecule has 2 amide bonds. The van der Waals surface area contributed by atoms with E-state index in [1.807, 2.05) is 46.1 Å². The monoisotopic (exact) mass is 324 g/mol. The van der Waals surface area contributed by atoms with E-state index in [-0.39, 0.29) is 30.2 Å². The van der Waals surface area contributed by atoms with Gasteiger partial charge in [-0.25, -0.2) is 0 Å². The molecule has 6 nitrogen and oxygen atoms in total. The Hall–Kier alpha value is -2.63. The minimum Gasteiger partial charge on any atom is -0.341 e. The number of hydrogen-bond acceptors (Lipinski definition) is 3. The number of fused-ring (bicyclic) bond motifs is 1. The van der Waals surface area contributed by atoms with Gasteiger partial charge in [0.05, 0.1) is 12.0 Å². The van der Waals surface area contributed by atoms with E-state index in [9.17, 15) is 9.59 Å². The summed E-state index contributed by atoms with van der Waals surface area (Å²) in [5.41, 5.74) is 1.75. The van der Waals surface area contributed by atoms with Crippen LogP contribution in [0.1, 0.15) is 36.8 Å². The number of aromatic nitrogens is 2. The van der Waals surface area contributed by atoms with Gasteiger partial charge in [-0.05, 0) is 30.5 Å². The van der Waals surface area contributed by atoms with Crippen molar-refractivity contribution in [3.05, 3.63) is 48.3 Å². The number of amides is 2. The molecule has 0 saturated carbocycles. The number of rotatable bonds is 3. The van der Waals surface area contributed by atoms with Crippen molar-refractivity contribution < 1.29 is 9.59 Å². The number of nitrogens with one attached hydrogen (secondary N) is 1. The van der Waals surface area contributed by atoms with Gasteiger partial charge in [0.1, 0.15) is 0 Å². The van der Waals surface area contributed by atoms with Crippen LogP contribution in [0, 0.1) is 0 Å². The van der Waals surface area contributed by atoms with E-state index in [0.29, 0.717) is 6.54 Å². The number of nitrogens with zero attached hydrogens (tertiary/aromatic N) is 3. The van der Waals surface area contributed by atoms with E-state index >= 15 is 0 Å². The molecule has 0 aliphatic carbocycles. The van der Waals surface area contributed by atoms with Crippen LogP contribution < -0.4 is 5.32 Å². The highest BCUT2D eigenvalue weighted by atomic mass is 16.2. The van der Waals surface area contributed by atoms with Crippen molar-refractivity contribution in [1.82, 2.24) is 14.7 Å². The summed E-state index contributed by atoms with van der Waals surface area (Å²) >= 11 is 0. The molecular formula is C18H20N4O2. The van der Waals surface area contributed by atoms with Crippen LogP contribution in [0.4, 0.5) is 5.69 Å². The molecular weight excluding hydrogens is 304 g/mol. The van der Waals surface area contributed by atoms with Crippen molar-refractivity contribution in [2.75, 3.05) is 18.4 Å². The van der Waals surface area contributed by atoms with Gasteiger partial charge in [-0.3, -0.25) is 14.3 Å². The fourth-order valence-electron chi connectivity index (χ4n) is 3.68. The van der Waals surface area contributed by atoms with Gasteiger partial charge in [0, 0.05) is 37.6 Å². The average molecular weight is 324 g/mol. The van der Waals surface area contributed by atoms with E-state index in [1.165, 1.54) is 0 Å². The third kappa shape index (κ3) is 2.68. The number of anilines is 1. The summed E-state index contributed by atoms with van der Waals surface area (Å²) in [7, 11) is 0. The SMILES string of the molecule is O=C1Nc2ccccc2[C@@H]1CC(=O)N1CCC[C@H](n2cccn2)C1. The minimum absolute atomic E-state index is 0.0451. The van der Waals surface area contributed by atoms with Crippen molar-refractivity contribution in [2.24, 2.45) is 0 Å². The van der Waals surface area contributed by atoms with Crippen LogP contribution in [-0.4, -0.2) is 39.6 Å². The molecule has 0 unspecified atom stereocenters. The first-order chi connectivity index (χ1) is 11.7. The number of carbonyl (C=O) groups is 2. The predicted molar refractivity (Wildman–Crippen MR) is 89.5 cm³/mol. The van der Waals surface area contributed by atoms with Crippen LogP contribution in [0.5, 0.6) is 0 Å². The van der Waals surface area contributed by atoms with Crippen LogP contribution in [0.25, 0.3) is 0 Å². The standard InChI is InChI=1S/C18H20N4O2/c23-17(11-15-14-6-1-2-7-16(14)20-18(15)24)21-9-3-5-13(12-21)22-10-4-8-19-22/h1-2,4,6-8,10,13,15H,3,5,9,11-12H2,(H,20,24)/t13-,15-/m0/s1. The van der Waals surface area contributed by atoms with Gasteiger partial charge in [-0.2, -0.15) is 5.10 Å². The molecule has 3 heterocycles. The van der Waals surface area contributed by atoms with Crippen LogP contribution in [0.3, 0.4) is 0 Å². The maximum atomic E-state index is 12.7. The van der Waals surface area contributed by atoms with E-state index in [2.05, 4.69) is 10.4 Å². The molecule has 1 fully saturated rings. The lowest BCUT2D eigenvalue weighted by molar-refractivity contribution is -0.135. The van der Waals surface area contributed by atoms with Crippen LogP contribution in [0.15, 0.2) is 42.7 Å². The van der Waals surface area contributed by atoms with Crippen molar-refractivity contribution in [3.63, 3.8) is 0 Å². The Morgan fingerprint density at radius 1 is 1.29 bits per heavy atom. The molecule has 124 valence electrons. The molecule has 1 saturated heterocycles. The Morgan fingerprint density at radius 2 is 2.17 bits per heavy atom. The van der Waals surface area contributed by atoms with E-state index in [0.717, 1.165) is 30.6 Å². The molecule has 1 aromatic heterocycles. The zero-order valence-electron chi connectivity index (χ0n) is 13.4. The predicted octanol–water partition coefficient (Wildman–Crippen LogP) is 2.17. The Labute approximate surface area is 140 Å². The van der Waals surface area contributed by atoms with Gasteiger partial charge in [0.25, 0.3) is 0 Å². The Morgan fingerprint density at radius 3 is 3.00 bits per heavy atom. The van der Waals surface area contributed by atoms with Gasteiger partial charge in [-0.15, -0.1) is 0 Å². The fraction of sp³-hybridized carbons (Fsp3) is 0.389. The highest BCUT2D eigenvalue weighted by molar-refractivity contribution is 6.04. The number of carbonyl (C=O) groups excluding carboxylic acids is 2. The maximum absolute atomic E-state index is 12.7. The number of benzene rings is 1. The molecule has 2 atom stereocenters. The molecule has 0 bridgehead atoms. The van der Waals surface area contributed by atoms with E-state index in [4.69, 9.17) is 0 Å². The van der Waals surface area contributed by atoms with Crippen molar-refractivity contribution in [2.45, 2.75) is 31.2 Å². The van der Waals surface area contributed by atoms with Gasteiger partial charge >= 0.3 is 0 Å². The van der Waals surface area contributed by atoms with Crippen LogP contribution >= 0.6 is 0 Å². The largest absolute Gasteiger partial charge is 0.341 e. The molecule has 1 N–H and O–H groups in total. The molecule has 6 heteroatoms. The third-order valence-corrected chi connectivity index (χ3v) is 4.94. The summed E-state index contributed by atoms with van der Waals surface area (Å²) in [5, 5.41) is 7.16. The molecule has 0 radical (unpaired) electrons. The molecule has 2 aliphatic rings. The van der Waals surface area contributed by atoms with Gasteiger partial charge in [0.15, 0.2) is 0 Å². The number of likely N-dealkylation sites (tertiary alicyclic amines) is 1. The molecule has 2 aliphatic heterocycles. The first-order valence-corrected chi connectivity index (χ1v) is 8.39. The van der Waals surface area contributed by atoms with Crippen molar-refractivity contribution in [1.29, 1.82) is 0 Å². The first kappa shape index (κ1) is 14.9. The summed E-state index contributed by atoms with van der Waals surface area (Å²) in [6.07, 6.45) is 5.93. The summed E-state index contributed by atoms with van der Waals surface area (Å²) in [4.78, 5) is 26.8. The summed E-state index contributed by atoms with van der Waals surface area (Å²) < 4.78 is 1.93. The lowest BCUT2D eigenvalue weighted by atomic mass is 9.96. The Kier molecular flexibility index (Phi) is 3.80. The topological polar surface area (TPSA) is 67.2 Å². The number of piperidine rings is 1. The van der Waals surface area contributed by atoms with Crippen molar-refractivity contribution in [3.8, 4) is 0 Å². The zero-order valence-corrected chi connectivity index (χ0v) is 13.4. The summed E-state index contributed by atoms with van der Waals surface area (Å²) in [6.45, 7) is 1.42. The molecule has 2 aromatic rings. The number of para-hydroxylation sites is 1. The third-order valence-electron chi connectivity index (χ3n) is 4.94. The van der Waals surface area contributed by atoms with Gasteiger partial charge in [-0.1, -0.05) is 18.2 Å². The molecule has 0 spiro atoms. The minimum atomic E-state index is -0.376. The van der Waals surface area contributed by atoms with Gasteiger partial charge < -0.3 is 10.2 Å². The first-order valence-electron chi connectivity index (χ1n) is 8.39. The molecule has 1 aromatic carbocycles. The second-order valence-electron chi connectivity index (χ2n) is 6.46. The summed E-state index contributed by atoms with van der Waals surface area (Å²) in [6, 6.07) is 9.73. The quantitative estimate of drug-likeness (QED) is 0.941. The second kappa shape index (κ2) is 6.11. The number of hydrogen-bond donors (Lipinski definition) is 1. The maximum Gasteiger partial charge on any atom is 0.232 e. The van der Waals surface area contributed by atoms with Gasteiger partial charge in [0.2, 0.25) is 11.8 Å². The Balaban J connectivity index is 1.45.